The van der Waals surface area contributed by atoms with Gasteiger partial charge < -0.3 is 0 Å². The summed E-state index contributed by atoms with van der Waals surface area (Å²) in [5.74, 6) is -0.325. The summed E-state index contributed by atoms with van der Waals surface area (Å²) in [5.41, 5.74) is 4.19. The smallest absolute Gasteiger partial charge is 0.298 e. The summed E-state index contributed by atoms with van der Waals surface area (Å²) in [6.45, 7) is 2.11. The second kappa shape index (κ2) is 10.3. The van der Waals surface area contributed by atoms with Crippen LogP contribution in [0.5, 0.6) is 0 Å². The second-order valence-electron chi connectivity index (χ2n) is 7.24. The molecule has 8 heteroatoms. The molecule has 0 aliphatic rings. The molecule has 4 rings (SSSR count). The van der Waals surface area contributed by atoms with Gasteiger partial charge in [0.15, 0.2) is 5.13 Å². The Morgan fingerprint density at radius 1 is 1.00 bits per heavy atom. The molecule has 0 radical (unpaired) electrons. The maximum atomic E-state index is 12.4. The van der Waals surface area contributed by atoms with Crippen molar-refractivity contribution in [3.63, 3.8) is 0 Å². The number of nitrogens with zero attached hydrogens (tertiary/aromatic N) is 2. The molecular weight excluding hydrogens is 454 g/mol. The second-order valence-corrected chi connectivity index (χ2v) is 9.42. The third-order valence-corrected chi connectivity index (χ3v) is 6.89. The molecule has 6 nitrogen and oxygen atoms in total. The molecule has 2 aromatic heterocycles. The first-order chi connectivity index (χ1) is 16.0. The summed E-state index contributed by atoms with van der Waals surface area (Å²) in [7, 11) is 0. The number of nitrogens with one attached hydrogen (secondary N) is 1. The van der Waals surface area contributed by atoms with Crippen LogP contribution in [0.25, 0.3) is 28.5 Å². The van der Waals surface area contributed by atoms with Crippen LogP contribution in [0, 0.1) is 10.1 Å². The topological polar surface area (TPSA) is 85.1 Å². The molecule has 0 atom stereocenters. The van der Waals surface area contributed by atoms with E-state index in [4.69, 9.17) is 0 Å². The molecule has 0 spiro atoms. The van der Waals surface area contributed by atoms with Crippen molar-refractivity contribution in [3.05, 3.63) is 92.7 Å². The van der Waals surface area contributed by atoms with Crippen molar-refractivity contribution in [1.29, 1.82) is 0 Å². The lowest BCUT2D eigenvalue weighted by Crippen LogP contribution is -2.07. The average Bonchev–Trinajstić information content (AvgIpc) is 3.46. The summed E-state index contributed by atoms with van der Waals surface area (Å²) < 4.78 is 0. The Kier molecular flexibility index (Phi) is 7.07. The number of rotatable bonds is 8. The number of nitro groups is 1. The Morgan fingerprint density at radius 3 is 2.36 bits per heavy atom. The molecule has 0 fully saturated rings. The SMILES string of the molecule is CCCc1sc(NC(=O)C=Cc2ccc([N+](=O)[O-])s2)nc1-c1ccc(-c2ccccc2)cc1. The van der Waals surface area contributed by atoms with Crippen molar-refractivity contribution < 1.29 is 9.72 Å². The fraction of sp³-hybridized carbons (Fsp3) is 0.120. The molecule has 0 aliphatic heterocycles. The van der Waals surface area contributed by atoms with Gasteiger partial charge in [-0.15, -0.1) is 11.3 Å². The maximum Gasteiger partial charge on any atom is 0.324 e. The van der Waals surface area contributed by atoms with E-state index in [9.17, 15) is 14.9 Å². The molecule has 1 N–H and O–H groups in total. The molecule has 4 aromatic rings. The highest BCUT2D eigenvalue weighted by molar-refractivity contribution is 7.16. The van der Waals surface area contributed by atoms with E-state index in [1.165, 1.54) is 23.5 Å². The molecule has 2 heterocycles. The Bertz CT molecular complexity index is 1290. The minimum absolute atomic E-state index is 0.0436. The van der Waals surface area contributed by atoms with Crippen LogP contribution in [0.2, 0.25) is 0 Å². The quantitative estimate of drug-likeness (QED) is 0.168. The molecule has 0 saturated heterocycles. The number of thiazole rings is 1. The Labute approximate surface area is 199 Å². The lowest BCUT2D eigenvalue weighted by atomic mass is 10.0. The van der Waals surface area contributed by atoms with Gasteiger partial charge in [0.25, 0.3) is 0 Å². The summed E-state index contributed by atoms with van der Waals surface area (Å²) in [6, 6.07) is 21.5. The number of thiophene rings is 1. The number of aromatic nitrogens is 1. The normalized spacial score (nSPS) is 11.1. The zero-order valence-electron chi connectivity index (χ0n) is 17.9. The lowest BCUT2D eigenvalue weighted by molar-refractivity contribution is -0.380. The summed E-state index contributed by atoms with van der Waals surface area (Å²) in [5, 5.41) is 14.2. The number of benzene rings is 2. The highest BCUT2D eigenvalue weighted by Gasteiger charge is 2.14. The van der Waals surface area contributed by atoms with E-state index in [0.29, 0.717) is 10.0 Å². The van der Waals surface area contributed by atoms with Crippen LogP contribution in [0.1, 0.15) is 23.1 Å². The molecule has 166 valence electrons. The van der Waals surface area contributed by atoms with Crippen molar-refractivity contribution in [2.24, 2.45) is 0 Å². The number of carbonyl (C=O) groups is 1. The Balaban J connectivity index is 1.50. The predicted octanol–water partition coefficient (Wildman–Crippen LogP) is 7.05. The zero-order chi connectivity index (χ0) is 23.2. The van der Waals surface area contributed by atoms with Crippen LogP contribution in [0.15, 0.2) is 72.8 Å². The Morgan fingerprint density at radius 2 is 1.70 bits per heavy atom. The summed E-state index contributed by atoms with van der Waals surface area (Å²) in [6.07, 6.45) is 4.78. The van der Waals surface area contributed by atoms with Gasteiger partial charge in [0.2, 0.25) is 5.91 Å². The van der Waals surface area contributed by atoms with Crippen LogP contribution >= 0.6 is 22.7 Å². The van der Waals surface area contributed by atoms with Crippen molar-refractivity contribution >= 4 is 44.8 Å². The van der Waals surface area contributed by atoms with Crippen LogP contribution < -0.4 is 5.32 Å². The van der Waals surface area contributed by atoms with Crippen molar-refractivity contribution in [2.75, 3.05) is 5.32 Å². The van der Waals surface area contributed by atoms with Gasteiger partial charge in [-0.05, 0) is 29.7 Å². The van der Waals surface area contributed by atoms with Crippen LogP contribution in [0.3, 0.4) is 0 Å². The molecule has 33 heavy (non-hydrogen) atoms. The molecule has 0 aliphatic carbocycles. The fourth-order valence-electron chi connectivity index (χ4n) is 3.31. The minimum Gasteiger partial charge on any atom is -0.298 e. The van der Waals surface area contributed by atoms with Gasteiger partial charge in [0.05, 0.1) is 10.6 Å². The van der Waals surface area contributed by atoms with Gasteiger partial charge in [-0.25, -0.2) is 4.98 Å². The van der Waals surface area contributed by atoms with Gasteiger partial charge in [-0.2, -0.15) is 0 Å². The zero-order valence-corrected chi connectivity index (χ0v) is 19.5. The number of hydrogen-bond acceptors (Lipinski definition) is 6. The number of aryl methyl sites for hydroxylation is 1. The van der Waals surface area contributed by atoms with E-state index in [2.05, 4.69) is 53.6 Å². The highest BCUT2D eigenvalue weighted by Crippen LogP contribution is 2.33. The van der Waals surface area contributed by atoms with Crippen LogP contribution in [0.4, 0.5) is 10.1 Å². The largest absolute Gasteiger partial charge is 0.324 e. The van der Waals surface area contributed by atoms with Gasteiger partial charge in [0, 0.05) is 27.5 Å². The maximum absolute atomic E-state index is 12.4. The first kappa shape index (κ1) is 22.6. The van der Waals surface area contributed by atoms with E-state index >= 15 is 0 Å². The van der Waals surface area contributed by atoms with Crippen LogP contribution in [-0.4, -0.2) is 15.8 Å². The minimum atomic E-state index is -0.444. The van der Waals surface area contributed by atoms with Gasteiger partial charge in [-0.1, -0.05) is 79.3 Å². The van der Waals surface area contributed by atoms with E-state index < -0.39 is 4.92 Å². The van der Waals surface area contributed by atoms with Crippen molar-refractivity contribution in [3.8, 4) is 22.4 Å². The van der Waals surface area contributed by atoms with Gasteiger partial charge in [-0.3, -0.25) is 20.2 Å². The molecule has 2 aromatic carbocycles. The number of anilines is 1. The Hall–Kier alpha value is -3.62. The van der Waals surface area contributed by atoms with Crippen LogP contribution in [-0.2, 0) is 11.2 Å². The number of hydrogen-bond donors (Lipinski definition) is 1. The van der Waals surface area contributed by atoms with Crippen molar-refractivity contribution in [2.45, 2.75) is 19.8 Å². The average molecular weight is 476 g/mol. The molecule has 0 unspecified atom stereocenters. The third kappa shape index (κ3) is 5.60. The number of amides is 1. The van der Waals surface area contributed by atoms with E-state index in [1.54, 1.807) is 12.1 Å². The van der Waals surface area contributed by atoms with E-state index in [-0.39, 0.29) is 10.9 Å². The standard InChI is InChI=1S/C25H21N3O3S2/c1-2-6-21-24(19-11-9-18(10-12-19)17-7-4-3-5-8-17)27-25(33-21)26-22(29)15-13-20-14-16-23(32-20)28(30)31/h3-5,7-16H,2,6H2,1H3,(H,26,27,29). The highest BCUT2D eigenvalue weighted by atomic mass is 32.1. The third-order valence-electron chi connectivity index (χ3n) is 4.86. The monoisotopic (exact) mass is 475 g/mol. The fourth-order valence-corrected chi connectivity index (χ4v) is 5.13. The summed E-state index contributed by atoms with van der Waals surface area (Å²) >= 11 is 2.49. The molecule has 0 saturated carbocycles. The van der Waals surface area contributed by atoms with Gasteiger partial charge >= 0.3 is 5.00 Å². The van der Waals surface area contributed by atoms with E-state index in [0.717, 1.165) is 51.4 Å². The van der Waals surface area contributed by atoms with Gasteiger partial charge in [0.1, 0.15) is 0 Å². The van der Waals surface area contributed by atoms with Crippen molar-refractivity contribution in [1.82, 2.24) is 4.98 Å². The first-order valence-electron chi connectivity index (χ1n) is 10.4. The lowest BCUT2D eigenvalue weighted by Gasteiger charge is -2.04. The number of carbonyl (C=O) groups excluding carboxylic acids is 1. The summed E-state index contributed by atoms with van der Waals surface area (Å²) in [4.78, 5) is 29.2. The first-order valence-corrected chi connectivity index (χ1v) is 12.1. The van der Waals surface area contributed by atoms with E-state index in [1.807, 2.05) is 18.2 Å². The molecular formula is C25H21N3O3S2. The molecule has 1 amide bonds. The predicted molar refractivity (Wildman–Crippen MR) is 136 cm³/mol. The molecule has 0 bridgehead atoms.